The molecule has 0 saturated heterocycles. The molecule has 0 aromatic heterocycles. The van der Waals surface area contributed by atoms with E-state index in [-0.39, 0.29) is 12.5 Å². The quantitative estimate of drug-likeness (QED) is 0.682. The van der Waals surface area contributed by atoms with Crippen LogP contribution in [0, 0.1) is 5.92 Å². The predicted molar refractivity (Wildman–Crippen MR) is 84.1 cm³/mol. The number of rotatable bonds is 6. The summed E-state index contributed by atoms with van der Waals surface area (Å²) in [4.78, 5) is 25.4. The molecule has 1 aliphatic carbocycles. The Morgan fingerprint density at radius 2 is 1.81 bits per heavy atom. The van der Waals surface area contributed by atoms with Crippen molar-refractivity contribution in [3.05, 3.63) is 0 Å². The second-order valence-corrected chi connectivity index (χ2v) is 6.36. The Morgan fingerprint density at radius 1 is 1.19 bits per heavy atom. The summed E-state index contributed by atoms with van der Waals surface area (Å²) in [6.45, 7) is 4.86. The normalized spacial score (nSPS) is 22.4. The van der Waals surface area contributed by atoms with Gasteiger partial charge in [0, 0.05) is 18.6 Å². The van der Waals surface area contributed by atoms with Crippen molar-refractivity contribution in [2.45, 2.75) is 51.6 Å². The van der Waals surface area contributed by atoms with E-state index in [0.29, 0.717) is 24.5 Å². The number of hydrogen-bond acceptors (Lipinski definition) is 4. The van der Waals surface area contributed by atoms with Crippen molar-refractivity contribution in [1.82, 2.24) is 20.9 Å². The minimum absolute atomic E-state index is 0.241. The summed E-state index contributed by atoms with van der Waals surface area (Å²) in [7, 11) is 3.95. The summed E-state index contributed by atoms with van der Waals surface area (Å²) in [5.41, 5.74) is 0. The molecule has 0 aromatic rings. The number of hydrogen-bond donors (Lipinski definition) is 3. The first-order valence-electron chi connectivity index (χ1n) is 7.87. The van der Waals surface area contributed by atoms with Crippen LogP contribution in [-0.4, -0.2) is 56.1 Å². The lowest BCUT2D eigenvalue weighted by Gasteiger charge is -2.34. The molecule has 1 saturated carbocycles. The van der Waals surface area contributed by atoms with Gasteiger partial charge in [0.15, 0.2) is 0 Å². The molecule has 0 bridgehead atoms. The number of urea groups is 1. The molecule has 1 fully saturated rings. The molecule has 3 amide bonds. The van der Waals surface area contributed by atoms with Crippen LogP contribution in [0.15, 0.2) is 0 Å². The van der Waals surface area contributed by atoms with Crippen LogP contribution in [-0.2, 0) is 4.79 Å². The van der Waals surface area contributed by atoms with Crippen molar-refractivity contribution >= 4 is 11.9 Å². The molecule has 122 valence electrons. The number of nitrogens with zero attached hydrogens (tertiary/aromatic N) is 1. The Hall–Kier alpha value is -1.14. The largest absolute Gasteiger partial charge is 0.338 e. The van der Waals surface area contributed by atoms with E-state index in [1.807, 2.05) is 27.9 Å². The van der Waals surface area contributed by atoms with Crippen LogP contribution in [0.25, 0.3) is 0 Å². The molecular weight excluding hydrogens is 268 g/mol. The SMILES string of the molecule is CNC1CCC(N(C)CC(=O)NC(=O)NCC(C)C)CC1. The van der Waals surface area contributed by atoms with Gasteiger partial charge in [0.1, 0.15) is 0 Å². The topological polar surface area (TPSA) is 73.5 Å². The van der Waals surface area contributed by atoms with Crippen LogP contribution in [0.5, 0.6) is 0 Å². The molecule has 0 spiro atoms. The van der Waals surface area contributed by atoms with Crippen LogP contribution in [0.1, 0.15) is 39.5 Å². The van der Waals surface area contributed by atoms with Gasteiger partial charge in [-0.25, -0.2) is 4.79 Å². The molecular formula is C15H30N4O2. The summed E-state index contributed by atoms with van der Waals surface area (Å²) < 4.78 is 0. The van der Waals surface area contributed by atoms with Gasteiger partial charge in [-0.3, -0.25) is 15.0 Å². The van der Waals surface area contributed by atoms with Crippen LogP contribution in [0.4, 0.5) is 4.79 Å². The Bertz CT molecular complexity index is 339. The highest BCUT2D eigenvalue weighted by atomic mass is 16.2. The average molecular weight is 298 g/mol. The second kappa shape index (κ2) is 9.00. The minimum atomic E-state index is -0.402. The number of carbonyl (C=O) groups excluding carboxylic acids is 2. The fourth-order valence-electron chi connectivity index (χ4n) is 2.67. The van der Waals surface area contributed by atoms with Crippen molar-refractivity contribution in [3.63, 3.8) is 0 Å². The van der Waals surface area contributed by atoms with Crippen LogP contribution < -0.4 is 16.0 Å². The highest BCUT2D eigenvalue weighted by Gasteiger charge is 2.24. The van der Waals surface area contributed by atoms with E-state index in [1.165, 1.54) is 0 Å². The molecule has 6 heteroatoms. The Morgan fingerprint density at radius 3 is 2.33 bits per heavy atom. The van der Waals surface area contributed by atoms with E-state index >= 15 is 0 Å². The molecule has 1 aliphatic rings. The molecule has 3 N–H and O–H groups in total. The van der Waals surface area contributed by atoms with Crippen molar-refractivity contribution in [2.75, 3.05) is 27.2 Å². The van der Waals surface area contributed by atoms with Crippen molar-refractivity contribution < 1.29 is 9.59 Å². The lowest BCUT2D eigenvalue weighted by atomic mass is 9.90. The van der Waals surface area contributed by atoms with Gasteiger partial charge in [0.05, 0.1) is 6.54 Å². The fourth-order valence-corrected chi connectivity index (χ4v) is 2.67. The summed E-state index contributed by atoms with van der Waals surface area (Å²) in [5, 5.41) is 8.37. The first kappa shape index (κ1) is 17.9. The van der Waals surface area contributed by atoms with Crippen molar-refractivity contribution in [3.8, 4) is 0 Å². The van der Waals surface area contributed by atoms with Crippen molar-refractivity contribution in [1.29, 1.82) is 0 Å². The summed E-state index contributed by atoms with van der Waals surface area (Å²) >= 11 is 0. The zero-order valence-corrected chi connectivity index (χ0v) is 13.7. The molecule has 0 atom stereocenters. The van der Waals surface area contributed by atoms with Gasteiger partial charge in [-0.05, 0) is 45.7 Å². The smallest absolute Gasteiger partial charge is 0.321 e. The maximum absolute atomic E-state index is 11.8. The molecule has 0 aromatic carbocycles. The number of likely N-dealkylation sites (N-methyl/N-ethyl adjacent to an activating group) is 1. The molecule has 0 aliphatic heterocycles. The number of imide groups is 1. The van der Waals surface area contributed by atoms with Crippen molar-refractivity contribution in [2.24, 2.45) is 5.92 Å². The summed E-state index contributed by atoms with van der Waals surface area (Å²) in [5.74, 6) is 0.130. The first-order chi connectivity index (χ1) is 9.92. The number of nitrogens with one attached hydrogen (secondary N) is 3. The van der Waals surface area contributed by atoms with Gasteiger partial charge >= 0.3 is 6.03 Å². The zero-order valence-electron chi connectivity index (χ0n) is 13.7. The van der Waals surface area contributed by atoms with Gasteiger partial charge < -0.3 is 10.6 Å². The summed E-state index contributed by atoms with van der Waals surface area (Å²) in [6, 6.07) is 0.630. The lowest BCUT2D eigenvalue weighted by Crippen LogP contribution is -2.47. The standard InChI is InChI=1S/C15H30N4O2/c1-11(2)9-17-15(21)18-14(20)10-19(4)13-7-5-12(16-3)6-8-13/h11-13,16H,5-10H2,1-4H3,(H2,17,18,20,21). The predicted octanol–water partition coefficient (Wildman–Crippen LogP) is 0.931. The molecule has 1 rings (SSSR count). The van der Waals surface area contributed by atoms with E-state index in [1.54, 1.807) is 0 Å². The maximum atomic E-state index is 11.8. The summed E-state index contributed by atoms with van der Waals surface area (Å²) in [6.07, 6.45) is 4.47. The number of carbonyl (C=O) groups is 2. The van der Waals surface area contributed by atoms with E-state index in [9.17, 15) is 9.59 Å². The molecule has 0 heterocycles. The highest BCUT2D eigenvalue weighted by molar-refractivity contribution is 5.95. The monoisotopic (exact) mass is 298 g/mol. The van der Waals surface area contributed by atoms with Crippen LogP contribution in [0.2, 0.25) is 0 Å². The van der Waals surface area contributed by atoms with Gasteiger partial charge in [-0.15, -0.1) is 0 Å². The van der Waals surface area contributed by atoms with Gasteiger partial charge in [0.2, 0.25) is 5.91 Å². The Labute approximate surface area is 128 Å². The van der Waals surface area contributed by atoms with E-state index < -0.39 is 6.03 Å². The fraction of sp³-hybridized carbons (Fsp3) is 0.867. The zero-order chi connectivity index (χ0) is 15.8. The van der Waals surface area contributed by atoms with Crippen LogP contribution in [0.3, 0.4) is 0 Å². The molecule has 0 radical (unpaired) electrons. The van der Waals surface area contributed by atoms with E-state index in [2.05, 4.69) is 20.9 Å². The molecule has 6 nitrogen and oxygen atoms in total. The lowest BCUT2D eigenvalue weighted by molar-refractivity contribution is -0.121. The van der Waals surface area contributed by atoms with Crippen LogP contribution >= 0.6 is 0 Å². The Kier molecular flexibility index (Phi) is 7.67. The van der Waals surface area contributed by atoms with E-state index in [0.717, 1.165) is 25.7 Å². The number of amides is 3. The van der Waals surface area contributed by atoms with Gasteiger partial charge in [0.25, 0.3) is 0 Å². The highest BCUT2D eigenvalue weighted by Crippen LogP contribution is 2.21. The average Bonchev–Trinajstić information content (AvgIpc) is 2.45. The van der Waals surface area contributed by atoms with Gasteiger partial charge in [-0.1, -0.05) is 13.8 Å². The third kappa shape index (κ3) is 6.91. The Balaban J connectivity index is 2.26. The molecule has 21 heavy (non-hydrogen) atoms. The van der Waals surface area contributed by atoms with Gasteiger partial charge in [-0.2, -0.15) is 0 Å². The first-order valence-corrected chi connectivity index (χ1v) is 7.87. The third-order valence-electron chi connectivity index (χ3n) is 4.05. The molecule has 0 unspecified atom stereocenters. The minimum Gasteiger partial charge on any atom is -0.338 e. The maximum Gasteiger partial charge on any atom is 0.321 e. The third-order valence-corrected chi connectivity index (χ3v) is 4.05. The van der Waals surface area contributed by atoms with E-state index in [4.69, 9.17) is 0 Å². The second-order valence-electron chi connectivity index (χ2n) is 6.36.